The van der Waals surface area contributed by atoms with E-state index in [1.807, 2.05) is 13.8 Å². The van der Waals surface area contributed by atoms with Gasteiger partial charge in [0.1, 0.15) is 0 Å². The second-order valence-electron chi connectivity index (χ2n) is 5.12. The van der Waals surface area contributed by atoms with Gasteiger partial charge < -0.3 is 5.11 Å². The highest BCUT2D eigenvalue weighted by Crippen LogP contribution is 2.48. The number of aliphatic hydroxyl groups is 1. The van der Waals surface area contributed by atoms with Crippen molar-refractivity contribution in [1.82, 2.24) is 0 Å². The smallest absolute Gasteiger partial charge is 0.0860 e. The third-order valence-corrected chi connectivity index (χ3v) is 4.40. The van der Waals surface area contributed by atoms with Gasteiger partial charge in [-0.15, -0.1) is 0 Å². The zero-order valence-electron chi connectivity index (χ0n) is 10.2. The lowest BCUT2D eigenvalue weighted by Gasteiger charge is -2.45. The fraction of sp³-hybridized carbons (Fsp3) is 0.923. The highest BCUT2D eigenvalue weighted by Gasteiger charge is 2.49. The number of hydrogen-bond donors (Lipinski definition) is 1. The van der Waals surface area contributed by atoms with Crippen LogP contribution in [0.4, 0.5) is 0 Å². The lowest BCUT2D eigenvalue weighted by atomic mass is 9.60. The van der Waals surface area contributed by atoms with Crippen LogP contribution in [0, 0.1) is 22.7 Å². The fourth-order valence-electron chi connectivity index (χ4n) is 2.86. The summed E-state index contributed by atoms with van der Waals surface area (Å²) in [6.07, 6.45) is 5.26. The van der Waals surface area contributed by atoms with Gasteiger partial charge in [0.25, 0.3) is 0 Å². The van der Waals surface area contributed by atoms with Crippen molar-refractivity contribution in [3.05, 3.63) is 0 Å². The van der Waals surface area contributed by atoms with Crippen LogP contribution >= 0.6 is 0 Å². The second-order valence-corrected chi connectivity index (χ2v) is 5.12. The number of nitriles is 1. The summed E-state index contributed by atoms with van der Waals surface area (Å²) in [4.78, 5) is 0. The van der Waals surface area contributed by atoms with Crippen LogP contribution in [-0.2, 0) is 0 Å². The Bertz CT molecular complexity index is 242. The van der Waals surface area contributed by atoms with E-state index in [-0.39, 0.29) is 0 Å². The average Bonchev–Trinajstić information content (AvgIpc) is 2.29. The Morgan fingerprint density at radius 1 is 1.33 bits per heavy atom. The molecule has 1 aliphatic carbocycles. The van der Waals surface area contributed by atoms with Gasteiger partial charge in [-0.3, -0.25) is 0 Å². The molecule has 1 aliphatic rings. The van der Waals surface area contributed by atoms with Gasteiger partial charge >= 0.3 is 0 Å². The van der Waals surface area contributed by atoms with E-state index in [0.29, 0.717) is 18.8 Å². The van der Waals surface area contributed by atoms with Crippen LogP contribution in [-0.4, -0.2) is 10.7 Å². The van der Waals surface area contributed by atoms with E-state index in [2.05, 4.69) is 13.0 Å². The third kappa shape index (κ3) is 2.03. The minimum atomic E-state index is -0.776. The van der Waals surface area contributed by atoms with E-state index in [1.165, 1.54) is 0 Å². The van der Waals surface area contributed by atoms with Crippen molar-refractivity contribution in [3.63, 3.8) is 0 Å². The molecule has 0 aromatic rings. The van der Waals surface area contributed by atoms with Crippen molar-refractivity contribution in [2.75, 3.05) is 0 Å². The Morgan fingerprint density at radius 3 is 2.13 bits per heavy atom. The monoisotopic (exact) mass is 209 g/mol. The minimum absolute atomic E-state index is 0.483. The largest absolute Gasteiger partial charge is 0.388 e. The molecule has 0 spiro atoms. The molecule has 86 valence electrons. The topological polar surface area (TPSA) is 44.0 Å². The van der Waals surface area contributed by atoms with E-state index in [4.69, 9.17) is 0 Å². The van der Waals surface area contributed by atoms with Crippen LogP contribution in [0.1, 0.15) is 59.3 Å². The van der Waals surface area contributed by atoms with Crippen molar-refractivity contribution >= 4 is 0 Å². The van der Waals surface area contributed by atoms with Gasteiger partial charge in [0.05, 0.1) is 17.1 Å². The Labute approximate surface area is 93.3 Å². The maximum absolute atomic E-state index is 10.6. The van der Waals surface area contributed by atoms with Crippen LogP contribution in [0.15, 0.2) is 0 Å². The summed E-state index contributed by atoms with van der Waals surface area (Å²) in [5, 5.41) is 20.0. The Hall–Kier alpha value is -0.550. The molecule has 0 saturated heterocycles. The summed E-state index contributed by atoms with van der Waals surface area (Å²) in [6.45, 7) is 6.21. The van der Waals surface area contributed by atoms with E-state index in [1.54, 1.807) is 0 Å². The number of hydrogen-bond acceptors (Lipinski definition) is 2. The molecule has 0 heterocycles. The molecule has 15 heavy (non-hydrogen) atoms. The highest BCUT2D eigenvalue weighted by atomic mass is 16.3. The molecule has 1 N–H and O–H groups in total. The lowest BCUT2D eigenvalue weighted by molar-refractivity contribution is -0.0827. The van der Waals surface area contributed by atoms with Crippen molar-refractivity contribution in [3.8, 4) is 6.07 Å². The summed E-state index contributed by atoms with van der Waals surface area (Å²) in [5.74, 6) is 0.712. The first-order valence-electron chi connectivity index (χ1n) is 6.17. The fourth-order valence-corrected chi connectivity index (χ4v) is 2.86. The van der Waals surface area contributed by atoms with Crippen LogP contribution in [0.25, 0.3) is 0 Å². The quantitative estimate of drug-likeness (QED) is 0.775. The van der Waals surface area contributed by atoms with Gasteiger partial charge in [-0.25, -0.2) is 0 Å². The van der Waals surface area contributed by atoms with Crippen molar-refractivity contribution in [2.24, 2.45) is 11.3 Å². The minimum Gasteiger partial charge on any atom is -0.388 e. The molecule has 1 saturated carbocycles. The summed E-state index contributed by atoms with van der Waals surface area (Å²) >= 11 is 0. The van der Waals surface area contributed by atoms with E-state index < -0.39 is 11.0 Å². The van der Waals surface area contributed by atoms with Crippen LogP contribution in [0.3, 0.4) is 0 Å². The van der Waals surface area contributed by atoms with Gasteiger partial charge in [-0.05, 0) is 44.4 Å². The van der Waals surface area contributed by atoms with Gasteiger partial charge in [0.2, 0.25) is 0 Å². The molecule has 1 rings (SSSR count). The summed E-state index contributed by atoms with van der Waals surface area (Å²) in [5.41, 5.74) is -1.26. The van der Waals surface area contributed by atoms with E-state index in [9.17, 15) is 10.4 Å². The zero-order chi connectivity index (χ0) is 11.5. The second kappa shape index (κ2) is 4.53. The Morgan fingerprint density at radius 2 is 1.80 bits per heavy atom. The molecule has 0 atom stereocenters. The van der Waals surface area contributed by atoms with E-state index >= 15 is 0 Å². The molecule has 0 aromatic heterocycles. The first-order chi connectivity index (χ1) is 7.03. The predicted octanol–water partition coefficient (Wildman–Crippen LogP) is 3.26. The number of rotatable bonds is 3. The molecular weight excluding hydrogens is 186 g/mol. The third-order valence-electron chi connectivity index (χ3n) is 4.40. The molecule has 0 radical (unpaired) electrons. The molecular formula is C13H23NO. The van der Waals surface area contributed by atoms with Crippen LogP contribution in [0.5, 0.6) is 0 Å². The molecule has 0 aromatic carbocycles. The lowest BCUT2D eigenvalue weighted by Crippen LogP contribution is -2.48. The van der Waals surface area contributed by atoms with Crippen molar-refractivity contribution < 1.29 is 5.11 Å². The maximum Gasteiger partial charge on any atom is 0.0860 e. The molecule has 0 bridgehead atoms. The highest BCUT2D eigenvalue weighted by molar-refractivity contribution is 5.12. The average molecular weight is 209 g/mol. The zero-order valence-corrected chi connectivity index (χ0v) is 10.2. The SMILES string of the molecule is CCC(O)(CC)C1(C#N)CCC(C)CC1. The molecule has 0 unspecified atom stereocenters. The van der Waals surface area contributed by atoms with Crippen LogP contribution < -0.4 is 0 Å². The molecule has 0 amide bonds. The normalized spacial score (nSPS) is 32.3. The summed E-state index contributed by atoms with van der Waals surface area (Å²) < 4.78 is 0. The van der Waals surface area contributed by atoms with Gasteiger partial charge in [-0.2, -0.15) is 5.26 Å². The summed E-state index contributed by atoms with van der Waals surface area (Å²) in [7, 11) is 0. The molecule has 2 heteroatoms. The van der Waals surface area contributed by atoms with Crippen molar-refractivity contribution in [2.45, 2.75) is 64.9 Å². The first kappa shape index (κ1) is 12.5. The van der Waals surface area contributed by atoms with Gasteiger partial charge in [-0.1, -0.05) is 20.8 Å². The van der Waals surface area contributed by atoms with Gasteiger partial charge in [0.15, 0.2) is 0 Å². The predicted molar refractivity (Wildman–Crippen MR) is 61.2 cm³/mol. The number of nitrogens with zero attached hydrogens (tertiary/aromatic N) is 1. The van der Waals surface area contributed by atoms with Gasteiger partial charge in [0, 0.05) is 0 Å². The Kier molecular flexibility index (Phi) is 3.78. The van der Waals surface area contributed by atoms with Crippen LogP contribution in [0.2, 0.25) is 0 Å². The molecule has 1 fully saturated rings. The molecule has 2 nitrogen and oxygen atoms in total. The first-order valence-corrected chi connectivity index (χ1v) is 6.17. The summed E-state index contributed by atoms with van der Waals surface area (Å²) in [6, 6.07) is 2.43. The maximum atomic E-state index is 10.6. The van der Waals surface area contributed by atoms with Crippen molar-refractivity contribution in [1.29, 1.82) is 5.26 Å². The van der Waals surface area contributed by atoms with E-state index in [0.717, 1.165) is 25.7 Å². The Balaban J connectivity index is 2.91. The standard InChI is InChI=1S/C13H23NO/c1-4-13(15,5-2)12(10-14)8-6-11(3)7-9-12/h11,15H,4-9H2,1-3H3. The molecule has 0 aliphatic heterocycles.